The molecule has 1 aliphatic carbocycles. The zero-order valence-corrected chi connectivity index (χ0v) is 21.4. The summed E-state index contributed by atoms with van der Waals surface area (Å²) >= 11 is 0. The summed E-state index contributed by atoms with van der Waals surface area (Å²) in [4.78, 5) is 13.2. The Kier molecular flexibility index (Phi) is 7.11. The first kappa shape index (κ1) is 23.7. The fraction of sp³-hybridized carbons (Fsp3) is 0.100. The first-order valence-electron chi connectivity index (χ1n) is 11.0. The van der Waals surface area contributed by atoms with Gasteiger partial charge in [0.1, 0.15) is 0 Å². The predicted octanol–water partition coefficient (Wildman–Crippen LogP) is 6.80. The summed E-state index contributed by atoms with van der Waals surface area (Å²) in [6.07, 6.45) is 5.56. The first-order chi connectivity index (χ1) is 16.1. The van der Waals surface area contributed by atoms with E-state index in [1.165, 1.54) is 22.3 Å². The molecule has 34 heavy (non-hydrogen) atoms. The molecule has 1 radical (unpaired) electrons. The fourth-order valence-electron chi connectivity index (χ4n) is 4.25. The molecule has 6 rings (SSSR count). The molecule has 1 aliphatic rings. The number of nitrogens with zero attached hydrogens (tertiary/aromatic N) is 3. The molecule has 169 valence electrons. The molecule has 0 aliphatic heterocycles. The average molecular weight is 618 g/mol. The maximum absolute atomic E-state index is 4.61. The molecule has 3 heterocycles. The van der Waals surface area contributed by atoms with Crippen molar-refractivity contribution in [2.75, 3.05) is 0 Å². The van der Waals surface area contributed by atoms with Gasteiger partial charge in [0.05, 0.1) is 0 Å². The number of aromatic nitrogens is 3. The van der Waals surface area contributed by atoms with Crippen LogP contribution in [0.1, 0.15) is 25.0 Å². The van der Waals surface area contributed by atoms with Gasteiger partial charge in [0.15, 0.2) is 0 Å². The van der Waals surface area contributed by atoms with Gasteiger partial charge in [-0.3, -0.25) is 4.98 Å². The summed E-state index contributed by atoms with van der Waals surface area (Å²) in [5.41, 5.74) is 8.90. The van der Waals surface area contributed by atoms with Crippen molar-refractivity contribution in [3.05, 3.63) is 127 Å². The Balaban J connectivity index is 0.000000180. The minimum Gasteiger partial charge on any atom is -0.318 e. The minimum absolute atomic E-state index is 0. The molecule has 3 nitrogen and oxygen atoms in total. The summed E-state index contributed by atoms with van der Waals surface area (Å²) in [6, 6.07) is 34.4. The van der Waals surface area contributed by atoms with E-state index in [1.54, 1.807) is 12.4 Å². The monoisotopic (exact) mass is 618 g/mol. The number of pyridine rings is 3. The smallest absolute Gasteiger partial charge is 0.0173 e. The van der Waals surface area contributed by atoms with Crippen LogP contribution in [-0.2, 0) is 25.5 Å². The molecule has 4 heteroatoms. The third kappa shape index (κ3) is 4.61. The van der Waals surface area contributed by atoms with Gasteiger partial charge in [0, 0.05) is 37.9 Å². The number of fused-ring (bicyclic) bond motifs is 3. The van der Waals surface area contributed by atoms with Gasteiger partial charge in [-0.2, -0.15) is 12.1 Å². The topological polar surface area (TPSA) is 38.7 Å². The molecule has 2 aromatic carbocycles. The number of hydrogen-bond donors (Lipinski definition) is 0. The summed E-state index contributed by atoms with van der Waals surface area (Å²) < 4.78 is 0. The zero-order valence-electron chi connectivity index (χ0n) is 19.0. The second-order valence-corrected chi connectivity index (χ2v) is 8.41. The summed E-state index contributed by atoms with van der Waals surface area (Å²) in [5, 5.41) is 0. The predicted molar refractivity (Wildman–Crippen MR) is 132 cm³/mol. The fourth-order valence-corrected chi connectivity index (χ4v) is 4.25. The number of rotatable bonds is 2. The van der Waals surface area contributed by atoms with Crippen molar-refractivity contribution >= 4 is 0 Å². The van der Waals surface area contributed by atoms with E-state index in [2.05, 4.69) is 71.3 Å². The molecule has 0 bridgehead atoms. The Hall–Kier alpha value is -3.46. The van der Waals surface area contributed by atoms with Crippen LogP contribution in [0.4, 0.5) is 0 Å². The molecule has 0 N–H and O–H groups in total. The van der Waals surface area contributed by atoms with Crippen molar-refractivity contribution in [2.45, 2.75) is 19.3 Å². The minimum atomic E-state index is 0. The van der Waals surface area contributed by atoms with E-state index < -0.39 is 0 Å². The summed E-state index contributed by atoms with van der Waals surface area (Å²) in [5.74, 6) is 0. The Morgan fingerprint density at radius 2 is 1.41 bits per heavy atom. The Labute approximate surface area is 214 Å². The Morgan fingerprint density at radius 3 is 2.15 bits per heavy atom. The largest absolute Gasteiger partial charge is 0.318 e. The summed E-state index contributed by atoms with van der Waals surface area (Å²) in [7, 11) is 0. The van der Waals surface area contributed by atoms with Gasteiger partial charge < -0.3 is 9.97 Å². The Morgan fingerprint density at radius 1 is 0.647 bits per heavy atom. The van der Waals surface area contributed by atoms with Crippen molar-refractivity contribution in [3.8, 4) is 33.8 Å². The molecular weight excluding hydrogens is 595 g/mol. The van der Waals surface area contributed by atoms with E-state index in [-0.39, 0.29) is 25.5 Å². The number of benzene rings is 2. The normalized spacial score (nSPS) is 12.4. The van der Waals surface area contributed by atoms with Crippen LogP contribution in [0, 0.1) is 12.1 Å². The summed E-state index contributed by atoms with van der Waals surface area (Å²) in [6.45, 7) is 4.51. The average Bonchev–Trinajstić information content (AvgIpc) is 3.12. The molecule has 0 unspecified atom stereocenters. The van der Waals surface area contributed by atoms with Crippen LogP contribution in [0.2, 0.25) is 0 Å². The van der Waals surface area contributed by atoms with Crippen LogP contribution in [-0.4, -0.2) is 15.0 Å². The maximum Gasteiger partial charge on any atom is 0.0173 e. The second kappa shape index (κ2) is 10.2. The molecule has 3 aromatic heterocycles. The van der Waals surface area contributed by atoms with Crippen LogP contribution in [0.3, 0.4) is 0 Å². The van der Waals surface area contributed by atoms with Gasteiger partial charge in [-0.15, -0.1) is 42.0 Å². The van der Waals surface area contributed by atoms with Crippen LogP contribution in [0.15, 0.2) is 104 Å². The van der Waals surface area contributed by atoms with Crippen LogP contribution < -0.4 is 0 Å². The van der Waals surface area contributed by atoms with E-state index in [0.717, 1.165) is 22.6 Å². The van der Waals surface area contributed by atoms with Crippen molar-refractivity contribution in [1.82, 2.24) is 15.0 Å². The van der Waals surface area contributed by atoms with Gasteiger partial charge >= 0.3 is 0 Å². The van der Waals surface area contributed by atoms with E-state index in [0.29, 0.717) is 0 Å². The maximum atomic E-state index is 4.61. The molecular formula is C30H23IrN3-2. The molecule has 0 amide bonds. The van der Waals surface area contributed by atoms with Crippen LogP contribution in [0.5, 0.6) is 0 Å². The molecule has 0 saturated carbocycles. The third-order valence-corrected chi connectivity index (χ3v) is 5.97. The van der Waals surface area contributed by atoms with E-state index in [1.807, 2.05) is 60.8 Å². The van der Waals surface area contributed by atoms with E-state index in [4.69, 9.17) is 0 Å². The van der Waals surface area contributed by atoms with Crippen molar-refractivity contribution in [3.63, 3.8) is 0 Å². The van der Waals surface area contributed by atoms with Crippen molar-refractivity contribution in [1.29, 1.82) is 0 Å². The first-order valence-corrected chi connectivity index (χ1v) is 11.0. The zero-order chi connectivity index (χ0) is 22.7. The van der Waals surface area contributed by atoms with Crippen LogP contribution >= 0.6 is 0 Å². The van der Waals surface area contributed by atoms with Crippen molar-refractivity contribution in [2.24, 2.45) is 0 Å². The molecule has 0 saturated heterocycles. The van der Waals surface area contributed by atoms with Crippen molar-refractivity contribution < 1.29 is 20.1 Å². The van der Waals surface area contributed by atoms with Crippen LogP contribution in [0.25, 0.3) is 33.8 Å². The number of hydrogen-bond acceptors (Lipinski definition) is 3. The van der Waals surface area contributed by atoms with E-state index in [9.17, 15) is 0 Å². The van der Waals surface area contributed by atoms with Gasteiger partial charge in [0.2, 0.25) is 0 Å². The van der Waals surface area contributed by atoms with E-state index >= 15 is 0 Å². The molecule has 5 aromatic rings. The van der Waals surface area contributed by atoms with Gasteiger partial charge in [0.25, 0.3) is 0 Å². The molecule has 0 atom stereocenters. The second-order valence-electron chi connectivity index (χ2n) is 8.41. The quantitative estimate of drug-likeness (QED) is 0.205. The van der Waals surface area contributed by atoms with Gasteiger partial charge in [-0.1, -0.05) is 56.3 Å². The molecule has 0 fully saturated rings. The standard InChI is InChI=1S/C19H15N2.C11H8N.Ir/c1-19(2)15-8-4-3-7-13(15)14-11-18(21-12-16(14)19)17-9-5-6-10-20-17;1-2-6-10(7-3-1)11-8-4-5-9-12-11;/h3-8,10-12H,1-2H3;1-6,8-9H;/q2*-1;. The Bertz CT molecular complexity index is 1330. The van der Waals surface area contributed by atoms with Gasteiger partial charge in [-0.05, 0) is 51.6 Å². The molecule has 0 spiro atoms. The SMILES string of the molecule is CC1(C)c2ccccc2-c2cc(-c3[c-]cccn3)ncc21.[Ir].[c-]1ccccc1-c1ccccn1. The van der Waals surface area contributed by atoms with Gasteiger partial charge in [-0.25, -0.2) is 0 Å². The third-order valence-electron chi connectivity index (χ3n) is 5.97.